The van der Waals surface area contributed by atoms with Crippen molar-refractivity contribution in [3.63, 3.8) is 0 Å². The molecule has 0 aliphatic carbocycles. The first-order valence-electron chi connectivity index (χ1n) is 5.54. The number of carboxylic acid groups (broad SMARTS) is 1. The molecule has 2 aromatic rings. The van der Waals surface area contributed by atoms with Crippen LogP contribution in [-0.2, 0) is 0 Å². The smallest absolute Gasteiger partial charge is 0.352 e. The van der Waals surface area contributed by atoms with Crippen molar-refractivity contribution in [1.82, 2.24) is 4.57 Å². The summed E-state index contributed by atoms with van der Waals surface area (Å²) >= 11 is 1.66. The fraction of sp³-hybridized carbons (Fsp3) is 0.308. The van der Waals surface area contributed by atoms with E-state index in [-0.39, 0.29) is 6.04 Å². The van der Waals surface area contributed by atoms with E-state index >= 15 is 0 Å². The summed E-state index contributed by atoms with van der Waals surface area (Å²) < 4.78 is 1.85. The Hall–Kier alpha value is -1.55. The van der Waals surface area contributed by atoms with Crippen molar-refractivity contribution in [2.45, 2.75) is 19.9 Å². The average Bonchev–Trinajstić information content (AvgIpc) is 2.87. The van der Waals surface area contributed by atoms with Crippen molar-refractivity contribution in [2.24, 2.45) is 5.92 Å². The number of aromatic carboxylic acids is 1. The predicted octanol–water partition coefficient (Wildman–Crippen LogP) is 3.49. The van der Waals surface area contributed by atoms with Gasteiger partial charge in [-0.05, 0) is 29.5 Å². The van der Waals surface area contributed by atoms with Crippen LogP contribution in [0.25, 0.3) is 0 Å². The maximum absolute atomic E-state index is 11.2. The Morgan fingerprint density at radius 2 is 2.12 bits per heavy atom. The zero-order valence-electron chi connectivity index (χ0n) is 9.83. The second kappa shape index (κ2) is 4.75. The Morgan fingerprint density at radius 1 is 1.35 bits per heavy atom. The van der Waals surface area contributed by atoms with E-state index in [1.54, 1.807) is 23.5 Å². The van der Waals surface area contributed by atoms with Crippen molar-refractivity contribution in [2.75, 3.05) is 0 Å². The summed E-state index contributed by atoms with van der Waals surface area (Å²) in [7, 11) is 0. The van der Waals surface area contributed by atoms with E-state index in [2.05, 4.69) is 19.9 Å². The lowest BCUT2D eigenvalue weighted by Crippen LogP contribution is -2.19. The Balaban J connectivity index is 2.47. The number of rotatable bonds is 4. The summed E-state index contributed by atoms with van der Waals surface area (Å²) in [6.45, 7) is 4.21. The molecule has 3 nitrogen and oxygen atoms in total. The summed E-state index contributed by atoms with van der Waals surface area (Å²) in [6.07, 6.45) is 1.84. The zero-order chi connectivity index (χ0) is 12.4. The van der Waals surface area contributed by atoms with E-state index in [1.165, 1.54) is 4.88 Å². The summed E-state index contributed by atoms with van der Waals surface area (Å²) in [5.41, 5.74) is 0.345. The molecule has 0 amide bonds. The largest absolute Gasteiger partial charge is 0.477 e. The molecule has 0 saturated carbocycles. The van der Waals surface area contributed by atoms with Crippen molar-refractivity contribution in [3.05, 3.63) is 46.4 Å². The van der Waals surface area contributed by atoms with Gasteiger partial charge in [0.25, 0.3) is 0 Å². The Labute approximate surface area is 104 Å². The predicted molar refractivity (Wildman–Crippen MR) is 68.7 cm³/mol. The molecule has 0 aromatic carbocycles. The van der Waals surface area contributed by atoms with Gasteiger partial charge in [0.1, 0.15) is 5.69 Å². The van der Waals surface area contributed by atoms with Crippen molar-refractivity contribution in [1.29, 1.82) is 0 Å². The summed E-state index contributed by atoms with van der Waals surface area (Å²) in [5, 5.41) is 11.2. The van der Waals surface area contributed by atoms with Crippen LogP contribution in [0.5, 0.6) is 0 Å². The van der Waals surface area contributed by atoms with Crippen LogP contribution in [0.2, 0.25) is 0 Å². The van der Waals surface area contributed by atoms with Gasteiger partial charge in [0, 0.05) is 11.1 Å². The average molecular weight is 249 g/mol. The molecule has 2 aromatic heterocycles. The topological polar surface area (TPSA) is 42.2 Å². The first kappa shape index (κ1) is 11.9. The summed E-state index contributed by atoms with van der Waals surface area (Å²) in [4.78, 5) is 12.4. The molecule has 4 heteroatoms. The highest BCUT2D eigenvalue weighted by atomic mass is 32.1. The first-order chi connectivity index (χ1) is 8.11. The number of aromatic nitrogens is 1. The molecule has 1 atom stereocenters. The zero-order valence-corrected chi connectivity index (χ0v) is 10.6. The lowest BCUT2D eigenvalue weighted by atomic mass is 10.0. The minimum atomic E-state index is -0.878. The Morgan fingerprint density at radius 3 is 2.65 bits per heavy atom. The van der Waals surface area contributed by atoms with Crippen molar-refractivity contribution >= 4 is 17.3 Å². The molecule has 0 aliphatic rings. The van der Waals surface area contributed by atoms with E-state index < -0.39 is 5.97 Å². The molecule has 1 unspecified atom stereocenters. The molecule has 2 rings (SSSR count). The number of carboxylic acids is 1. The molecular formula is C13H15NO2S. The van der Waals surface area contributed by atoms with Gasteiger partial charge < -0.3 is 9.67 Å². The lowest BCUT2D eigenvalue weighted by molar-refractivity contribution is 0.0682. The lowest BCUT2D eigenvalue weighted by Gasteiger charge is -2.23. The highest BCUT2D eigenvalue weighted by molar-refractivity contribution is 7.10. The molecule has 0 fully saturated rings. The van der Waals surface area contributed by atoms with Crippen molar-refractivity contribution < 1.29 is 9.90 Å². The number of nitrogens with zero attached hydrogens (tertiary/aromatic N) is 1. The SMILES string of the molecule is CC(C)C(c1cccs1)n1cccc1C(=O)O. The molecule has 0 bridgehead atoms. The van der Waals surface area contributed by atoms with E-state index in [0.717, 1.165) is 0 Å². The quantitative estimate of drug-likeness (QED) is 0.901. The second-order valence-electron chi connectivity index (χ2n) is 4.31. The number of hydrogen-bond donors (Lipinski definition) is 1. The fourth-order valence-electron chi connectivity index (χ4n) is 2.06. The number of hydrogen-bond acceptors (Lipinski definition) is 2. The molecule has 0 saturated heterocycles. The van der Waals surface area contributed by atoms with Gasteiger partial charge in [-0.25, -0.2) is 4.79 Å². The minimum absolute atomic E-state index is 0.0936. The van der Waals surface area contributed by atoms with Crippen LogP contribution in [0.4, 0.5) is 0 Å². The van der Waals surface area contributed by atoms with Gasteiger partial charge in [-0.1, -0.05) is 19.9 Å². The number of carbonyl (C=O) groups is 1. The first-order valence-corrected chi connectivity index (χ1v) is 6.42. The van der Waals surface area contributed by atoms with E-state index in [9.17, 15) is 4.79 Å². The molecule has 0 spiro atoms. The highest BCUT2D eigenvalue weighted by Gasteiger charge is 2.22. The number of thiophene rings is 1. The monoisotopic (exact) mass is 249 g/mol. The maximum Gasteiger partial charge on any atom is 0.352 e. The van der Waals surface area contributed by atoms with Gasteiger partial charge in [0.15, 0.2) is 0 Å². The molecule has 17 heavy (non-hydrogen) atoms. The van der Waals surface area contributed by atoms with E-state index in [4.69, 9.17) is 5.11 Å². The normalized spacial score (nSPS) is 12.9. The van der Waals surface area contributed by atoms with Gasteiger partial charge in [0.05, 0.1) is 6.04 Å². The minimum Gasteiger partial charge on any atom is -0.477 e. The highest BCUT2D eigenvalue weighted by Crippen LogP contribution is 2.31. The molecule has 1 N–H and O–H groups in total. The Kier molecular flexibility index (Phi) is 3.33. The van der Waals surface area contributed by atoms with Gasteiger partial charge in [-0.15, -0.1) is 11.3 Å². The van der Waals surface area contributed by atoms with Gasteiger partial charge in [-0.2, -0.15) is 0 Å². The molecule has 0 aliphatic heterocycles. The third-order valence-electron chi connectivity index (χ3n) is 2.76. The van der Waals surface area contributed by atoms with Gasteiger partial charge in [0.2, 0.25) is 0 Å². The maximum atomic E-state index is 11.2. The van der Waals surface area contributed by atoms with Crippen LogP contribution in [0.1, 0.15) is 35.3 Å². The van der Waals surface area contributed by atoms with Crippen LogP contribution < -0.4 is 0 Å². The summed E-state index contributed by atoms with van der Waals surface area (Å²) in [6, 6.07) is 7.58. The second-order valence-corrected chi connectivity index (χ2v) is 5.29. The molecule has 2 heterocycles. The summed E-state index contributed by atoms with van der Waals surface area (Å²) in [5.74, 6) is -0.531. The third kappa shape index (κ3) is 2.26. The van der Waals surface area contributed by atoms with Crippen LogP contribution in [0.15, 0.2) is 35.8 Å². The van der Waals surface area contributed by atoms with Crippen molar-refractivity contribution in [3.8, 4) is 0 Å². The third-order valence-corrected chi connectivity index (χ3v) is 3.71. The van der Waals surface area contributed by atoms with Crippen LogP contribution >= 0.6 is 11.3 Å². The molecule has 90 valence electrons. The van der Waals surface area contributed by atoms with E-state index in [1.807, 2.05) is 22.2 Å². The standard InChI is InChI=1S/C13H15NO2S/c1-9(2)12(11-6-4-8-17-11)14-7-3-5-10(14)13(15)16/h3-9,12H,1-2H3,(H,15,16). The van der Waals surface area contributed by atoms with Crippen LogP contribution in [0, 0.1) is 5.92 Å². The molecule has 0 radical (unpaired) electrons. The molecular weight excluding hydrogens is 234 g/mol. The van der Waals surface area contributed by atoms with Gasteiger partial charge >= 0.3 is 5.97 Å². The van der Waals surface area contributed by atoms with Crippen LogP contribution in [0.3, 0.4) is 0 Å². The Bertz CT molecular complexity index is 499. The van der Waals surface area contributed by atoms with E-state index in [0.29, 0.717) is 11.6 Å². The fourth-order valence-corrected chi connectivity index (χ4v) is 3.06. The van der Waals surface area contributed by atoms with Crippen LogP contribution in [-0.4, -0.2) is 15.6 Å². The van der Waals surface area contributed by atoms with Gasteiger partial charge in [-0.3, -0.25) is 0 Å².